The van der Waals surface area contributed by atoms with Crippen molar-refractivity contribution in [1.29, 1.82) is 0 Å². The van der Waals surface area contributed by atoms with Gasteiger partial charge in [-0.25, -0.2) is 14.4 Å². The molecule has 0 bridgehead atoms. The summed E-state index contributed by atoms with van der Waals surface area (Å²) >= 11 is 12.8. The van der Waals surface area contributed by atoms with E-state index in [-0.39, 0.29) is 17.4 Å². The largest absolute Gasteiger partial charge is 0.326 e. The van der Waals surface area contributed by atoms with E-state index in [1.807, 2.05) is 0 Å². The minimum absolute atomic E-state index is 0.0478. The van der Waals surface area contributed by atoms with E-state index >= 15 is 0 Å². The molecule has 0 fully saturated rings. The van der Waals surface area contributed by atoms with Gasteiger partial charge < -0.3 is 10.6 Å². The Hall–Kier alpha value is -2.22. The predicted molar refractivity (Wildman–Crippen MR) is 98.4 cm³/mol. The first kappa shape index (κ1) is 17.6. The molecule has 0 radical (unpaired) electrons. The van der Waals surface area contributed by atoms with Crippen LogP contribution in [0.4, 0.5) is 21.0 Å². The highest BCUT2D eigenvalue weighted by atomic mass is 35.5. The van der Waals surface area contributed by atoms with Crippen molar-refractivity contribution < 1.29 is 9.18 Å². The van der Waals surface area contributed by atoms with Gasteiger partial charge in [0.05, 0.1) is 22.2 Å². The Kier molecular flexibility index (Phi) is 5.47. The van der Waals surface area contributed by atoms with Crippen LogP contribution in [0, 0.1) is 5.82 Å². The van der Waals surface area contributed by atoms with Gasteiger partial charge in [-0.2, -0.15) is 0 Å². The highest BCUT2D eigenvalue weighted by molar-refractivity contribution is 7.13. The Labute approximate surface area is 156 Å². The number of carbonyl (C=O) groups is 1. The van der Waals surface area contributed by atoms with Gasteiger partial charge in [0.2, 0.25) is 5.91 Å². The summed E-state index contributed by atoms with van der Waals surface area (Å²) in [4.78, 5) is 20.5. The van der Waals surface area contributed by atoms with Gasteiger partial charge in [-0.15, -0.1) is 11.3 Å². The summed E-state index contributed by atoms with van der Waals surface area (Å²) in [5.41, 5.74) is 1.03. The lowest BCUT2D eigenvalue weighted by Gasteiger charge is -2.05. The third kappa shape index (κ3) is 4.88. The van der Waals surface area contributed by atoms with Crippen LogP contribution in [0.5, 0.6) is 0 Å². The number of halogens is 3. The van der Waals surface area contributed by atoms with Crippen LogP contribution in [0.3, 0.4) is 0 Å². The molecule has 0 aliphatic heterocycles. The number of nitrogens with one attached hydrogen (secondary N) is 2. The summed E-state index contributed by atoms with van der Waals surface area (Å²) in [6, 6.07) is 7.44. The van der Waals surface area contributed by atoms with Gasteiger partial charge >= 0.3 is 0 Å². The third-order valence-electron chi connectivity index (χ3n) is 3.06. The second kappa shape index (κ2) is 7.77. The quantitative estimate of drug-likeness (QED) is 0.642. The number of rotatable bonds is 5. The number of thiazole rings is 1. The topological polar surface area (TPSA) is 66.9 Å². The molecule has 128 valence electrons. The molecule has 0 unspecified atom stereocenters. The average molecular weight is 397 g/mol. The van der Waals surface area contributed by atoms with Crippen molar-refractivity contribution in [3.63, 3.8) is 0 Å². The lowest BCUT2D eigenvalue weighted by molar-refractivity contribution is -0.115. The van der Waals surface area contributed by atoms with Crippen molar-refractivity contribution >= 4 is 57.1 Å². The molecule has 2 heterocycles. The summed E-state index contributed by atoms with van der Waals surface area (Å²) < 4.78 is 13.1. The van der Waals surface area contributed by atoms with Crippen molar-refractivity contribution in [3.05, 3.63) is 63.5 Å². The smallest absolute Gasteiger partial charge is 0.230 e. The first-order valence-electron chi connectivity index (χ1n) is 7.07. The Morgan fingerprint density at radius 2 is 2.08 bits per heavy atom. The highest BCUT2D eigenvalue weighted by Crippen LogP contribution is 2.22. The molecule has 9 heteroatoms. The fraction of sp³-hybridized carbons (Fsp3) is 0.0625. The van der Waals surface area contributed by atoms with Crippen molar-refractivity contribution in [2.24, 2.45) is 0 Å². The van der Waals surface area contributed by atoms with E-state index in [2.05, 4.69) is 20.6 Å². The number of anilines is 3. The molecule has 0 spiro atoms. The summed E-state index contributed by atoms with van der Waals surface area (Å²) in [5, 5.41) is 8.57. The second-order valence-corrected chi connectivity index (χ2v) is 6.69. The summed E-state index contributed by atoms with van der Waals surface area (Å²) in [7, 11) is 0. The molecule has 2 aromatic heterocycles. The fourth-order valence-electron chi connectivity index (χ4n) is 1.95. The lowest BCUT2D eigenvalue weighted by Crippen LogP contribution is -2.14. The van der Waals surface area contributed by atoms with E-state index < -0.39 is 5.82 Å². The zero-order chi connectivity index (χ0) is 17.8. The number of benzene rings is 1. The van der Waals surface area contributed by atoms with E-state index in [9.17, 15) is 9.18 Å². The number of amides is 1. The van der Waals surface area contributed by atoms with Crippen LogP contribution >= 0.6 is 34.5 Å². The van der Waals surface area contributed by atoms with Crippen LogP contribution in [0.25, 0.3) is 0 Å². The van der Waals surface area contributed by atoms with Crippen LogP contribution in [0.1, 0.15) is 5.69 Å². The number of hydrogen-bond acceptors (Lipinski definition) is 5. The molecule has 1 aromatic carbocycles. The van der Waals surface area contributed by atoms with Gasteiger partial charge in [0.15, 0.2) is 5.13 Å². The van der Waals surface area contributed by atoms with Crippen LogP contribution in [-0.2, 0) is 11.2 Å². The summed E-state index contributed by atoms with van der Waals surface area (Å²) in [5.74, 6) is -0.203. The van der Waals surface area contributed by atoms with Gasteiger partial charge in [0.1, 0.15) is 11.6 Å². The van der Waals surface area contributed by atoms with Crippen LogP contribution in [-0.4, -0.2) is 15.9 Å². The molecule has 5 nitrogen and oxygen atoms in total. The van der Waals surface area contributed by atoms with E-state index in [4.69, 9.17) is 23.2 Å². The molecule has 25 heavy (non-hydrogen) atoms. The van der Waals surface area contributed by atoms with E-state index in [0.29, 0.717) is 27.4 Å². The minimum Gasteiger partial charge on any atom is -0.326 e. The minimum atomic E-state index is -0.536. The van der Waals surface area contributed by atoms with Crippen LogP contribution < -0.4 is 10.6 Å². The Bertz CT molecular complexity index is 901. The van der Waals surface area contributed by atoms with Crippen molar-refractivity contribution in [3.8, 4) is 0 Å². The zero-order valence-corrected chi connectivity index (χ0v) is 14.9. The monoisotopic (exact) mass is 396 g/mol. The first-order chi connectivity index (χ1) is 12.0. The Morgan fingerprint density at radius 1 is 1.24 bits per heavy atom. The molecule has 0 aliphatic rings. The molecule has 0 aliphatic carbocycles. The molecule has 0 atom stereocenters. The normalized spacial score (nSPS) is 10.5. The maximum Gasteiger partial charge on any atom is 0.230 e. The lowest BCUT2D eigenvalue weighted by atomic mass is 10.2. The Balaban J connectivity index is 1.59. The number of nitrogens with zero attached hydrogens (tertiary/aromatic N) is 2. The molecular formula is C16H11Cl2FN4OS. The number of carbonyl (C=O) groups excluding carboxylic acids is 1. The maximum absolute atomic E-state index is 13.1. The molecule has 2 N–H and O–H groups in total. The van der Waals surface area contributed by atoms with Gasteiger partial charge in [-0.1, -0.05) is 23.2 Å². The van der Waals surface area contributed by atoms with Gasteiger partial charge in [0.25, 0.3) is 0 Å². The number of pyridine rings is 1. The Morgan fingerprint density at radius 3 is 2.80 bits per heavy atom. The second-order valence-electron chi connectivity index (χ2n) is 4.98. The van der Waals surface area contributed by atoms with Gasteiger partial charge in [-0.05, 0) is 30.3 Å². The van der Waals surface area contributed by atoms with E-state index in [1.165, 1.54) is 35.7 Å². The van der Waals surface area contributed by atoms with Crippen molar-refractivity contribution in [1.82, 2.24) is 9.97 Å². The maximum atomic E-state index is 13.1. The van der Waals surface area contributed by atoms with E-state index in [1.54, 1.807) is 17.5 Å². The fourth-order valence-corrected chi connectivity index (χ4v) is 2.96. The molecule has 1 amide bonds. The molecule has 0 saturated heterocycles. The van der Waals surface area contributed by atoms with Crippen LogP contribution in [0.2, 0.25) is 10.0 Å². The average Bonchev–Trinajstić information content (AvgIpc) is 3.00. The highest BCUT2D eigenvalue weighted by Gasteiger charge is 2.10. The third-order valence-corrected chi connectivity index (χ3v) is 4.38. The first-order valence-corrected chi connectivity index (χ1v) is 8.71. The van der Waals surface area contributed by atoms with Gasteiger partial charge in [-0.3, -0.25) is 4.79 Å². The van der Waals surface area contributed by atoms with Crippen LogP contribution in [0.15, 0.2) is 41.9 Å². The van der Waals surface area contributed by atoms with E-state index in [0.717, 1.165) is 0 Å². The standard InChI is InChI=1S/C16H11Cl2FN4OS/c17-9-1-4-14(20-7-9)23-16-22-11(8-25-16)6-15(24)21-10-2-3-13(19)12(18)5-10/h1-5,7-8H,6H2,(H,21,24)(H,20,22,23). The zero-order valence-electron chi connectivity index (χ0n) is 12.6. The van der Waals surface area contributed by atoms with Crippen molar-refractivity contribution in [2.45, 2.75) is 6.42 Å². The molecule has 3 aromatic rings. The molecular weight excluding hydrogens is 386 g/mol. The van der Waals surface area contributed by atoms with Gasteiger partial charge in [0, 0.05) is 17.3 Å². The predicted octanol–water partition coefficient (Wildman–Crippen LogP) is 4.91. The SMILES string of the molecule is O=C(Cc1csc(Nc2ccc(Cl)cn2)n1)Nc1ccc(F)c(Cl)c1. The number of hydrogen-bond donors (Lipinski definition) is 2. The molecule has 0 saturated carbocycles. The number of aromatic nitrogens is 2. The summed E-state index contributed by atoms with van der Waals surface area (Å²) in [6.07, 6.45) is 1.61. The summed E-state index contributed by atoms with van der Waals surface area (Å²) in [6.45, 7) is 0. The molecule has 3 rings (SSSR count). The van der Waals surface area contributed by atoms with Crippen molar-refractivity contribution in [2.75, 3.05) is 10.6 Å².